The van der Waals surface area contributed by atoms with Crippen molar-refractivity contribution in [2.24, 2.45) is 0 Å². The van der Waals surface area contributed by atoms with Gasteiger partial charge in [0.15, 0.2) is 0 Å². The fourth-order valence-electron chi connectivity index (χ4n) is 2.13. The normalized spacial score (nSPS) is 10.4. The van der Waals surface area contributed by atoms with Crippen molar-refractivity contribution in [1.82, 2.24) is 4.98 Å². The number of amides is 1. The molecule has 25 heavy (non-hydrogen) atoms. The van der Waals surface area contributed by atoms with E-state index in [1.54, 1.807) is 38.3 Å². The van der Waals surface area contributed by atoms with E-state index < -0.39 is 5.91 Å². The van der Waals surface area contributed by atoms with Gasteiger partial charge in [-0.1, -0.05) is 23.2 Å². The minimum absolute atomic E-state index is 0.175. The van der Waals surface area contributed by atoms with Crippen LogP contribution in [0, 0.1) is 5.41 Å². The molecule has 0 spiro atoms. The molecule has 0 aliphatic carbocycles. The monoisotopic (exact) mass is 380 g/mol. The van der Waals surface area contributed by atoms with Gasteiger partial charge in [-0.3, -0.25) is 4.79 Å². The van der Waals surface area contributed by atoms with Crippen LogP contribution in [-0.2, 0) is 4.74 Å². The highest BCUT2D eigenvalue weighted by atomic mass is 35.5. The summed E-state index contributed by atoms with van der Waals surface area (Å²) in [5, 5.41) is 14.5. The van der Waals surface area contributed by atoms with Crippen LogP contribution in [-0.4, -0.2) is 36.9 Å². The number of methoxy groups -OCH3 is 1. The van der Waals surface area contributed by atoms with Crippen molar-refractivity contribution in [2.45, 2.75) is 6.92 Å². The van der Waals surface area contributed by atoms with Gasteiger partial charge in [0.05, 0.1) is 22.8 Å². The van der Waals surface area contributed by atoms with E-state index >= 15 is 0 Å². The molecule has 3 N–H and O–H groups in total. The Morgan fingerprint density at radius 2 is 1.96 bits per heavy atom. The molecule has 0 unspecified atom stereocenters. The lowest BCUT2D eigenvalue weighted by Gasteiger charge is -2.14. The van der Waals surface area contributed by atoms with E-state index in [0.29, 0.717) is 35.2 Å². The first-order chi connectivity index (χ1) is 11.9. The minimum atomic E-state index is -0.411. The molecule has 0 bridgehead atoms. The second kappa shape index (κ2) is 8.80. The Kier molecular flexibility index (Phi) is 6.75. The first-order valence-corrected chi connectivity index (χ1v) is 8.23. The van der Waals surface area contributed by atoms with Gasteiger partial charge in [0.1, 0.15) is 5.82 Å². The first kappa shape index (κ1) is 19.2. The number of nitrogens with zero attached hydrogens (tertiary/aromatic N) is 1. The molecule has 2 aromatic rings. The highest BCUT2D eigenvalue weighted by Gasteiger charge is 2.19. The van der Waals surface area contributed by atoms with E-state index in [2.05, 4.69) is 15.6 Å². The van der Waals surface area contributed by atoms with Crippen LogP contribution in [0.1, 0.15) is 22.8 Å². The van der Waals surface area contributed by atoms with Gasteiger partial charge in [-0.25, -0.2) is 4.98 Å². The highest BCUT2D eigenvalue weighted by Crippen LogP contribution is 2.27. The summed E-state index contributed by atoms with van der Waals surface area (Å²) in [6.07, 6.45) is 1.38. The van der Waals surface area contributed by atoms with Gasteiger partial charge in [0.2, 0.25) is 0 Å². The summed E-state index contributed by atoms with van der Waals surface area (Å²) in [5.74, 6) is 0.0309. The summed E-state index contributed by atoms with van der Waals surface area (Å²) in [7, 11) is 1.59. The van der Waals surface area contributed by atoms with Crippen molar-refractivity contribution in [3.05, 3.63) is 51.6 Å². The number of carbonyl (C=O) groups excluding carboxylic acids is 1. The molecule has 1 amide bonds. The van der Waals surface area contributed by atoms with Crippen molar-refractivity contribution < 1.29 is 9.53 Å². The van der Waals surface area contributed by atoms with E-state index in [1.165, 1.54) is 6.20 Å². The molecule has 132 valence electrons. The fraction of sp³-hybridized carbons (Fsp3) is 0.235. The fourth-order valence-corrected chi connectivity index (χ4v) is 2.62. The largest absolute Gasteiger partial charge is 0.383 e. The number of anilines is 2. The van der Waals surface area contributed by atoms with Crippen LogP contribution in [0.15, 0.2) is 30.5 Å². The molecular weight excluding hydrogens is 363 g/mol. The Balaban J connectivity index is 2.28. The van der Waals surface area contributed by atoms with Crippen molar-refractivity contribution in [1.29, 1.82) is 5.41 Å². The third-order valence-corrected chi connectivity index (χ3v) is 3.98. The van der Waals surface area contributed by atoms with Gasteiger partial charge >= 0.3 is 0 Å². The number of hydrogen-bond donors (Lipinski definition) is 3. The summed E-state index contributed by atoms with van der Waals surface area (Å²) >= 11 is 12.2. The van der Waals surface area contributed by atoms with E-state index in [-0.39, 0.29) is 16.3 Å². The van der Waals surface area contributed by atoms with Gasteiger partial charge in [-0.2, -0.15) is 0 Å². The average molecular weight is 381 g/mol. The van der Waals surface area contributed by atoms with Gasteiger partial charge in [-0.15, -0.1) is 0 Å². The molecule has 0 fully saturated rings. The van der Waals surface area contributed by atoms with E-state index in [0.717, 1.165) is 0 Å². The number of aromatic nitrogens is 1. The number of ether oxygens (including phenoxy) is 1. The summed E-state index contributed by atoms with van der Waals surface area (Å²) < 4.78 is 4.98. The highest BCUT2D eigenvalue weighted by molar-refractivity contribution is 6.38. The quantitative estimate of drug-likeness (QED) is 0.498. The Morgan fingerprint density at radius 3 is 2.56 bits per heavy atom. The van der Waals surface area contributed by atoms with E-state index in [4.69, 9.17) is 33.3 Å². The molecule has 0 aliphatic rings. The van der Waals surface area contributed by atoms with Gasteiger partial charge in [0, 0.05) is 36.3 Å². The number of halogens is 2. The van der Waals surface area contributed by atoms with Crippen LogP contribution in [0.5, 0.6) is 0 Å². The molecule has 2 rings (SSSR count). The lowest BCUT2D eigenvalue weighted by Crippen LogP contribution is -2.17. The summed E-state index contributed by atoms with van der Waals surface area (Å²) in [4.78, 5) is 16.7. The third kappa shape index (κ3) is 4.92. The molecule has 0 radical (unpaired) electrons. The zero-order valence-electron chi connectivity index (χ0n) is 13.8. The topological polar surface area (TPSA) is 87.1 Å². The van der Waals surface area contributed by atoms with Crippen molar-refractivity contribution in [3.63, 3.8) is 0 Å². The Hall–Kier alpha value is -2.15. The lowest BCUT2D eigenvalue weighted by atomic mass is 10.1. The summed E-state index contributed by atoms with van der Waals surface area (Å²) in [5.41, 5.74) is 1.37. The molecule has 6 nitrogen and oxygen atoms in total. The van der Waals surface area contributed by atoms with Crippen LogP contribution in [0.25, 0.3) is 0 Å². The lowest BCUT2D eigenvalue weighted by molar-refractivity contribution is 0.102. The molecule has 1 heterocycles. The molecule has 1 aromatic carbocycles. The Morgan fingerprint density at radius 1 is 1.28 bits per heavy atom. The maximum atomic E-state index is 12.5. The molecule has 1 aromatic heterocycles. The summed E-state index contributed by atoms with van der Waals surface area (Å²) in [6.45, 7) is 2.58. The smallest absolute Gasteiger partial charge is 0.258 e. The van der Waals surface area contributed by atoms with Crippen LogP contribution in [0.3, 0.4) is 0 Å². The predicted octanol–water partition coefficient (Wildman–Crippen LogP) is 4.09. The van der Waals surface area contributed by atoms with Crippen LogP contribution in [0.4, 0.5) is 11.5 Å². The Labute approximate surface area is 156 Å². The number of rotatable bonds is 7. The van der Waals surface area contributed by atoms with Crippen LogP contribution < -0.4 is 10.6 Å². The van der Waals surface area contributed by atoms with E-state index in [1.807, 2.05) is 0 Å². The maximum absolute atomic E-state index is 12.5. The SMILES string of the molecule is COCCNc1ncc(C(=O)Nc2ccc(Cl)cc2)c(Cl)c1C(C)=N. The number of pyridine rings is 1. The second-order valence-electron chi connectivity index (χ2n) is 5.22. The molecule has 0 saturated carbocycles. The molecule has 8 heteroatoms. The minimum Gasteiger partial charge on any atom is -0.383 e. The average Bonchev–Trinajstić information content (AvgIpc) is 2.57. The second-order valence-corrected chi connectivity index (χ2v) is 6.03. The van der Waals surface area contributed by atoms with Crippen molar-refractivity contribution in [2.75, 3.05) is 30.9 Å². The maximum Gasteiger partial charge on any atom is 0.258 e. The number of benzene rings is 1. The molecule has 0 atom stereocenters. The zero-order valence-corrected chi connectivity index (χ0v) is 15.3. The first-order valence-electron chi connectivity index (χ1n) is 7.47. The molecule has 0 saturated heterocycles. The number of nitrogens with one attached hydrogen (secondary N) is 3. The van der Waals surface area contributed by atoms with Crippen LogP contribution >= 0.6 is 23.2 Å². The third-order valence-electron chi connectivity index (χ3n) is 3.34. The van der Waals surface area contributed by atoms with Crippen LogP contribution in [0.2, 0.25) is 10.0 Å². The van der Waals surface area contributed by atoms with E-state index in [9.17, 15) is 4.79 Å². The van der Waals surface area contributed by atoms with Gasteiger partial charge in [-0.05, 0) is 31.2 Å². The predicted molar refractivity (Wildman–Crippen MR) is 102 cm³/mol. The van der Waals surface area contributed by atoms with Crippen molar-refractivity contribution in [3.8, 4) is 0 Å². The van der Waals surface area contributed by atoms with Gasteiger partial charge in [0.25, 0.3) is 5.91 Å². The number of hydrogen-bond acceptors (Lipinski definition) is 5. The molecular formula is C17H18Cl2N4O2. The Bertz CT molecular complexity index is 779. The molecule has 0 aliphatic heterocycles. The standard InChI is InChI=1S/C17H18Cl2N4O2/c1-10(20)14-15(19)13(9-22-16(14)21-7-8-25-2)17(24)23-12-5-3-11(18)4-6-12/h3-6,9,20H,7-8H2,1-2H3,(H,21,22)(H,23,24). The van der Waals surface area contributed by atoms with Crippen molar-refractivity contribution >= 4 is 46.3 Å². The summed E-state index contributed by atoms with van der Waals surface area (Å²) in [6, 6.07) is 6.72. The number of carbonyl (C=O) groups is 1. The van der Waals surface area contributed by atoms with Gasteiger partial charge < -0.3 is 20.8 Å². The zero-order chi connectivity index (χ0) is 18.4.